The molecule has 0 saturated carbocycles. The Hall–Kier alpha value is -3.62. The number of benzene rings is 1. The van der Waals surface area contributed by atoms with Crippen molar-refractivity contribution in [1.29, 1.82) is 0 Å². The van der Waals surface area contributed by atoms with E-state index in [-0.39, 0.29) is 28.4 Å². The van der Waals surface area contributed by atoms with Crippen LogP contribution in [0.2, 0.25) is 0 Å². The highest BCUT2D eigenvalue weighted by molar-refractivity contribution is 5.97. The van der Waals surface area contributed by atoms with Gasteiger partial charge >= 0.3 is 11.9 Å². The van der Waals surface area contributed by atoms with Crippen LogP contribution in [0.5, 0.6) is 5.75 Å². The summed E-state index contributed by atoms with van der Waals surface area (Å²) in [6.07, 6.45) is 10.1. The number of hydrogen-bond acceptors (Lipinski definition) is 7. The smallest absolute Gasteiger partial charge is 0.343 e. The van der Waals surface area contributed by atoms with Crippen molar-refractivity contribution < 1.29 is 23.8 Å². The fourth-order valence-electron chi connectivity index (χ4n) is 5.54. The molecule has 1 aliphatic rings. The first kappa shape index (κ1) is 31.3. The van der Waals surface area contributed by atoms with E-state index in [0.717, 1.165) is 73.7 Å². The van der Waals surface area contributed by atoms with E-state index in [9.17, 15) is 14.4 Å². The second-order valence-electron chi connectivity index (χ2n) is 12.2. The molecule has 0 fully saturated rings. The van der Waals surface area contributed by atoms with Gasteiger partial charge in [0.1, 0.15) is 16.8 Å². The zero-order chi connectivity index (χ0) is 30.3. The zero-order valence-corrected chi connectivity index (χ0v) is 25.7. The minimum atomic E-state index is -0.636. The maximum atomic E-state index is 13.0. The molecule has 1 atom stereocenters. The van der Waals surface area contributed by atoms with Crippen molar-refractivity contribution in [3.8, 4) is 17.1 Å². The number of carbonyl (C=O) groups is 2. The maximum absolute atomic E-state index is 13.0. The number of aromatic nitrogens is 3. The Balaban J connectivity index is 1.41. The molecule has 0 bridgehead atoms. The molecule has 0 unspecified atom stereocenters. The molecular formula is C33H45N3O6. The summed E-state index contributed by atoms with van der Waals surface area (Å²) in [5.41, 5.74) is 1.81. The Kier molecular flexibility index (Phi) is 10.5. The third-order valence-electron chi connectivity index (χ3n) is 7.94. The largest absolute Gasteiger partial charge is 0.491 e. The molecule has 4 rings (SSSR count). The second-order valence-corrected chi connectivity index (χ2v) is 12.2. The molecule has 2 aromatic heterocycles. The van der Waals surface area contributed by atoms with E-state index in [0.29, 0.717) is 31.9 Å². The number of pyridine rings is 1. The molecule has 42 heavy (non-hydrogen) atoms. The van der Waals surface area contributed by atoms with Gasteiger partial charge in [0.25, 0.3) is 0 Å². The van der Waals surface area contributed by atoms with Crippen molar-refractivity contribution in [2.24, 2.45) is 5.41 Å². The monoisotopic (exact) mass is 579 g/mol. The lowest BCUT2D eigenvalue weighted by Crippen LogP contribution is -2.35. The van der Waals surface area contributed by atoms with Crippen LogP contribution in [0.4, 0.5) is 0 Å². The average Bonchev–Trinajstić information content (AvgIpc) is 3.34. The molecule has 9 heteroatoms. The van der Waals surface area contributed by atoms with Gasteiger partial charge in [-0.05, 0) is 30.7 Å². The summed E-state index contributed by atoms with van der Waals surface area (Å²) in [7, 11) is 1.28. The summed E-state index contributed by atoms with van der Waals surface area (Å²) in [5, 5.41) is 5.85. The third kappa shape index (κ3) is 7.23. The number of unbranched alkanes of at least 4 members (excludes halogenated alkanes) is 6. The summed E-state index contributed by atoms with van der Waals surface area (Å²) < 4.78 is 20.3. The third-order valence-corrected chi connectivity index (χ3v) is 7.94. The Morgan fingerprint density at radius 2 is 1.76 bits per heavy atom. The molecule has 228 valence electrons. The minimum Gasteiger partial charge on any atom is -0.491 e. The zero-order valence-electron chi connectivity index (χ0n) is 25.7. The number of fused-ring (bicyclic) bond motifs is 5. The quantitative estimate of drug-likeness (QED) is 0.155. The van der Waals surface area contributed by atoms with E-state index in [1.807, 2.05) is 27.4 Å². The fraction of sp³-hybridized carbons (Fsp3) is 0.576. The minimum absolute atomic E-state index is 0.0270. The molecule has 0 aliphatic carbocycles. The van der Waals surface area contributed by atoms with Gasteiger partial charge in [-0.15, -0.1) is 0 Å². The second kappa shape index (κ2) is 14.0. The van der Waals surface area contributed by atoms with Gasteiger partial charge < -0.3 is 18.8 Å². The van der Waals surface area contributed by atoms with Crippen LogP contribution in [-0.2, 0) is 20.8 Å². The topological polar surface area (TPSA) is 102 Å². The van der Waals surface area contributed by atoms with Crippen LogP contribution < -0.4 is 10.2 Å². The Morgan fingerprint density at radius 1 is 1.02 bits per heavy atom. The van der Waals surface area contributed by atoms with Crippen molar-refractivity contribution >= 4 is 22.8 Å². The number of methoxy groups -OCH3 is 1. The van der Waals surface area contributed by atoms with Gasteiger partial charge in [-0.3, -0.25) is 14.3 Å². The SMILES string of the molecule is CCCCCOC(=O)CCCCCCCOc1cccc2c3n(nc12)C[C@@H](C(C)(C)C)n1cc(C(=O)OC)c(=O)cc1-3. The average molecular weight is 580 g/mol. The maximum Gasteiger partial charge on any atom is 0.343 e. The molecular weight excluding hydrogens is 534 g/mol. The van der Waals surface area contributed by atoms with E-state index in [1.54, 1.807) is 6.20 Å². The predicted molar refractivity (Wildman–Crippen MR) is 163 cm³/mol. The lowest BCUT2D eigenvalue weighted by atomic mass is 9.85. The standard InChI is InChI=1S/C33H45N3O6/c1-6-7-12-19-42-29(38)17-11-9-8-10-13-18-41-27-16-14-15-23-30(27)34-36-22-28(33(2,3)4)35-21-24(32(39)40-5)26(37)20-25(35)31(23)36/h14-16,20-21,28H,6-13,17-19,22H2,1-5H3/t28-/m0/s1. The molecule has 9 nitrogen and oxygen atoms in total. The highest BCUT2D eigenvalue weighted by Crippen LogP contribution is 2.43. The summed E-state index contributed by atoms with van der Waals surface area (Å²) in [6.45, 7) is 10.3. The molecule has 0 spiro atoms. The lowest BCUT2D eigenvalue weighted by Gasteiger charge is -2.38. The van der Waals surface area contributed by atoms with E-state index >= 15 is 0 Å². The Bertz CT molecular complexity index is 1450. The van der Waals surface area contributed by atoms with Crippen molar-refractivity contribution in [3.05, 3.63) is 46.2 Å². The normalized spacial score (nSPS) is 14.4. The van der Waals surface area contributed by atoms with Gasteiger partial charge in [-0.25, -0.2) is 4.79 Å². The number of carbonyl (C=O) groups excluding carboxylic acids is 2. The van der Waals surface area contributed by atoms with Crippen molar-refractivity contribution in [1.82, 2.24) is 14.3 Å². The fourth-order valence-corrected chi connectivity index (χ4v) is 5.54. The molecule has 1 aromatic carbocycles. The molecule has 1 aliphatic heterocycles. The van der Waals surface area contributed by atoms with Crippen LogP contribution in [0, 0.1) is 5.41 Å². The first-order valence-electron chi connectivity index (χ1n) is 15.3. The van der Waals surface area contributed by atoms with Gasteiger partial charge in [-0.2, -0.15) is 5.10 Å². The molecule has 0 amide bonds. The summed E-state index contributed by atoms with van der Waals surface area (Å²) >= 11 is 0. The highest BCUT2D eigenvalue weighted by atomic mass is 16.5. The molecule has 0 saturated heterocycles. The number of hydrogen-bond donors (Lipinski definition) is 0. The highest BCUT2D eigenvalue weighted by Gasteiger charge is 2.35. The number of nitrogens with zero attached hydrogens (tertiary/aromatic N) is 3. The van der Waals surface area contributed by atoms with Crippen LogP contribution in [0.1, 0.15) is 102 Å². The first-order chi connectivity index (χ1) is 20.2. The van der Waals surface area contributed by atoms with Gasteiger partial charge in [0.15, 0.2) is 5.43 Å². The summed E-state index contributed by atoms with van der Waals surface area (Å²) in [5.74, 6) is -0.00831. The van der Waals surface area contributed by atoms with Crippen molar-refractivity contribution in [2.75, 3.05) is 20.3 Å². The Morgan fingerprint density at radius 3 is 2.50 bits per heavy atom. The number of ether oxygens (including phenoxy) is 3. The number of rotatable bonds is 14. The van der Waals surface area contributed by atoms with E-state index < -0.39 is 5.97 Å². The Labute approximate surface area is 248 Å². The van der Waals surface area contributed by atoms with E-state index in [2.05, 4.69) is 27.7 Å². The van der Waals surface area contributed by atoms with Gasteiger partial charge in [0.2, 0.25) is 0 Å². The van der Waals surface area contributed by atoms with Gasteiger partial charge in [0.05, 0.1) is 44.3 Å². The van der Waals surface area contributed by atoms with Gasteiger partial charge in [0, 0.05) is 24.1 Å². The van der Waals surface area contributed by atoms with Crippen LogP contribution in [0.15, 0.2) is 35.3 Å². The van der Waals surface area contributed by atoms with E-state index in [4.69, 9.17) is 19.3 Å². The van der Waals surface area contributed by atoms with E-state index in [1.165, 1.54) is 13.2 Å². The van der Waals surface area contributed by atoms with Crippen LogP contribution in [0.3, 0.4) is 0 Å². The first-order valence-corrected chi connectivity index (χ1v) is 15.3. The molecule has 3 aromatic rings. The summed E-state index contributed by atoms with van der Waals surface area (Å²) in [6, 6.07) is 7.36. The van der Waals surface area contributed by atoms with Crippen molar-refractivity contribution in [2.45, 2.75) is 98.1 Å². The molecule has 3 heterocycles. The lowest BCUT2D eigenvalue weighted by molar-refractivity contribution is -0.143. The van der Waals surface area contributed by atoms with Crippen LogP contribution in [0.25, 0.3) is 22.3 Å². The summed E-state index contributed by atoms with van der Waals surface area (Å²) in [4.78, 5) is 37.1. The van der Waals surface area contributed by atoms with Crippen molar-refractivity contribution in [3.63, 3.8) is 0 Å². The molecule has 0 radical (unpaired) electrons. The number of esters is 2. The van der Waals surface area contributed by atoms with Crippen LogP contribution in [-0.4, -0.2) is 46.6 Å². The van der Waals surface area contributed by atoms with Crippen LogP contribution >= 0.6 is 0 Å². The van der Waals surface area contributed by atoms with Gasteiger partial charge in [-0.1, -0.05) is 71.9 Å². The predicted octanol–water partition coefficient (Wildman–Crippen LogP) is 6.71. The molecule has 0 N–H and O–H groups in total.